The smallest absolute Gasteiger partial charge is 0.261 e. The van der Waals surface area contributed by atoms with E-state index in [1.54, 1.807) is 36.4 Å². The van der Waals surface area contributed by atoms with Crippen molar-refractivity contribution in [1.29, 1.82) is 0 Å². The molecule has 0 atom stereocenters. The van der Waals surface area contributed by atoms with Crippen LogP contribution in [0.3, 0.4) is 0 Å². The molecule has 0 heterocycles. The molecule has 10 heteroatoms. The maximum atomic E-state index is 13.8. The molecule has 2 N–H and O–H groups in total. The van der Waals surface area contributed by atoms with Crippen molar-refractivity contribution in [1.82, 2.24) is 5.32 Å². The zero-order valence-corrected chi connectivity index (χ0v) is 22.1. The Morgan fingerprint density at radius 2 is 1.63 bits per heavy atom. The fourth-order valence-corrected chi connectivity index (χ4v) is 5.45. The van der Waals surface area contributed by atoms with Gasteiger partial charge in [0.05, 0.1) is 26.7 Å². The van der Waals surface area contributed by atoms with Gasteiger partial charge in [0.25, 0.3) is 15.9 Å². The Morgan fingerprint density at radius 3 is 2.32 bits per heavy atom. The Bertz CT molecular complexity index is 1620. The summed E-state index contributed by atoms with van der Waals surface area (Å²) >= 11 is 12.3. The number of carbonyl (C=O) groups excluding carboxylic acids is 1. The molecule has 0 bridgehead atoms. The Hall–Kier alpha value is -3.59. The van der Waals surface area contributed by atoms with Gasteiger partial charge in [0, 0.05) is 5.02 Å². The van der Waals surface area contributed by atoms with E-state index in [2.05, 4.69) is 10.0 Å². The van der Waals surface area contributed by atoms with Crippen LogP contribution in [0.4, 0.5) is 10.1 Å². The quantitative estimate of drug-likeness (QED) is 0.235. The van der Waals surface area contributed by atoms with Crippen LogP contribution in [0.5, 0.6) is 11.5 Å². The molecule has 38 heavy (non-hydrogen) atoms. The highest BCUT2D eigenvalue weighted by molar-refractivity contribution is 7.92. The third-order valence-corrected chi connectivity index (χ3v) is 8.08. The van der Waals surface area contributed by atoms with E-state index in [0.717, 1.165) is 0 Å². The summed E-state index contributed by atoms with van der Waals surface area (Å²) in [7, 11) is -4.07. The molecule has 1 aliphatic carbocycles. The van der Waals surface area contributed by atoms with Crippen LogP contribution in [0.1, 0.15) is 28.8 Å². The molecule has 4 aromatic carbocycles. The van der Waals surface area contributed by atoms with Gasteiger partial charge in [0.1, 0.15) is 17.3 Å². The lowest BCUT2D eigenvalue weighted by molar-refractivity contribution is 0.0931. The SMILES string of the molecule is O=C(NC1(c2cccc(F)c2)CC1)c1cc(Cl)ccc1NS(=O)(=O)c1ccc(Oc2ccccc2Cl)cc1. The minimum Gasteiger partial charge on any atom is -0.456 e. The van der Waals surface area contributed by atoms with Crippen LogP contribution in [0.25, 0.3) is 0 Å². The van der Waals surface area contributed by atoms with Crippen molar-refractivity contribution < 1.29 is 22.3 Å². The number of ether oxygens (including phenoxy) is 1. The number of carbonyl (C=O) groups is 1. The summed E-state index contributed by atoms with van der Waals surface area (Å²) in [6, 6.07) is 23.0. The largest absolute Gasteiger partial charge is 0.456 e. The van der Waals surface area contributed by atoms with Gasteiger partial charge in [-0.05, 0) is 85.1 Å². The zero-order chi connectivity index (χ0) is 26.9. The third kappa shape index (κ3) is 5.62. The molecular formula is C28H21Cl2FN2O4S. The molecule has 1 aliphatic rings. The monoisotopic (exact) mass is 570 g/mol. The van der Waals surface area contributed by atoms with Crippen LogP contribution in [-0.2, 0) is 15.6 Å². The van der Waals surface area contributed by atoms with Crippen molar-refractivity contribution in [3.8, 4) is 11.5 Å². The molecule has 0 unspecified atom stereocenters. The van der Waals surface area contributed by atoms with Crippen molar-refractivity contribution >= 4 is 44.8 Å². The topological polar surface area (TPSA) is 84.5 Å². The summed E-state index contributed by atoms with van der Waals surface area (Å²) in [5.74, 6) is -0.0972. The molecule has 1 saturated carbocycles. The van der Waals surface area contributed by atoms with Crippen molar-refractivity contribution in [3.63, 3.8) is 0 Å². The number of hydrogen-bond acceptors (Lipinski definition) is 4. The maximum Gasteiger partial charge on any atom is 0.261 e. The molecule has 1 amide bonds. The van der Waals surface area contributed by atoms with Gasteiger partial charge in [-0.2, -0.15) is 0 Å². The van der Waals surface area contributed by atoms with E-state index in [4.69, 9.17) is 27.9 Å². The minimum absolute atomic E-state index is 0.0382. The number of amides is 1. The average molecular weight is 571 g/mol. The van der Waals surface area contributed by atoms with Gasteiger partial charge in [-0.25, -0.2) is 12.8 Å². The molecule has 0 saturated heterocycles. The van der Waals surface area contributed by atoms with Gasteiger partial charge in [-0.3, -0.25) is 9.52 Å². The fourth-order valence-electron chi connectivity index (χ4n) is 4.02. The van der Waals surface area contributed by atoms with Gasteiger partial charge in [-0.1, -0.05) is 47.5 Å². The van der Waals surface area contributed by atoms with E-state index in [0.29, 0.717) is 34.9 Å². The maximum absolute atomic E-state index is 13.8. The van der Waals surface area contributed by atoms with E-state index < -0.39 is 27.3 Å². The summed E-state index contributed by atoms with van der Waals surface area (Å²) in [4.78, 5) is 13.2. The normalized spacial score (nSPS) is 14.0. The van der Waals surface area contributed by atoms with Gasteiger partial charge in [0.2, 0.25) is 0 Å². The van der Waals surface area contributed by atoms with Gasteiger partial charge < -0.3 is 10.1 Å². The van der Waals surface area contributed by atoms with E-state index >= 15 is 0 Å². The Kier molecular flexibility index (Phi) is 7.05. The zero-order valence-electron chi connectivity index (χ0n) is 19.7. The average Bonchev–Trinajstić information content (AvgIpc) is 3.67. The number of hydrogen-bond donors (Lipinski definition) is 2. The Labute approximate surface area is 229 Å². The summed E-state index contributed by atoms with van der Waals surface area (Å²) in [5.41, 5.74) is 0.0321. The predicted molar refractivity (Wildman–Crippen MR) is 145 cm³/mol. The molecule has 4 aromatic rings. The lowest BCUT2D eigenvalue weighted by Crippen LogP contribution is -2.35. The van der Waals surface area contributed by atoms with E-state index in [1.165, 1.54) is 54.6 Å². The minimum atomic E-state index is -4.07. The molecule has 194 valence electrons. The second-order valence-electron chi connectivity index (χ2n) is 8.85. The molecule has 1 fully saturated rings. The standard InChI is InChI=1S/C28H21Cl2FN2O4S/c29-19-8-13-25(23(17-19)27(34)32-28(14-15-28)18-4-3-5-20(31)16-18)33-38(35,36)22-11-9-21(10-12-22)37-26-7-2-1-6-24(26)30/h1-13,16-17,33H,14-15H2,(H,32,34). The van der Waals surface area contributed by atoms with Crippen LogP contribution in [-0.4, -0.2) is 14.3 Å². The first-order valence-electron chi connectivity index (χ1n) is 11.6. The molecule has 0 aromatic heterocycles. The van der Waals surface area contributed by atoms with Crippen molar-refractivity contribution in [3.05, 3.63) is 118 Å². The summed E-state index contributed by atoms with van der Waals surface area (Å²) < 4.78 is 48.3. The van der Waals surface area contributed by atoms with Crippen LogP contribution >= 0.6 is 23.2 Å². The summed E-state index contributed by atoms with van der Waals surface area (Å²) in [6.45, 7) is 0. The van der Waals surface area contributed by atoms with Crippen molar-refractivity contribution in [2.45, 2.75) is 23.3 Å². The van der Waals surface area contributed by atoms with Crippen molar-refractivity contribution in [2.24, 2.45) is 0 Å². The Balaban J connectivity index is 1.36. The number of rotatable bonds is 8. The molecule has 5 rings (SSSR count). The number of benzene rings is 4. The molecule has 0 aliphatic heterocycles. The lowest BCUT2D eigenvalue weighted by atomic mass is 10.0. The molecular weight excluding hydrogens is 550 g/mol. The molecule has 6 nitrogen and oxygen atoms in total. The van der Waals surface area contributed by atoms with E-state index in [1.807, 2.05) is 0 Å². The molecule has 0 spiro atoms. The first kappa shape index (κ1) is 26.0. The van der Waals surface area contributed by atoms with Gasteiger partial charge in [0.15, 0.2) is 0 Å². The van der Waals surface area contributed by atoms with Gasteiger partial charge in [-0.15, -0.1) is 0 Å². The predicted octanol–water partition coefficient (Wildman–Crippen LogP) is 7.14. The number of nitrogens with one attached hydrogen (secondary N) is 2. The lowest BCUT2D eigenvalue weighted by Gasteiger charge is -2.20. The number of halogens is 3. The number of para-hydroxylation sites is 1. The highest BCUT2D eigenvalue weighted by Gasteiger charge is 2.46. The van der Waals surface area contributed by atoms with Crippen LogP contribution in [0.2, 0.25) is 10.0 Å². The van der Waals surface area contributed by atoms with Crippen molar-refractivity contribution in [2.75, 3.05) is 4.72 Å². The molecule has 0 radical (unpaired) electrons. The highest BCUT2D eigenvalue weighted by Crippen LogP contribution is 2.46. The van der Waals surface area contributed by atoms with E-state index in [-0.39, 0.29) is 21.2 Å². The number of anilines is 1. The second-order valence-corrected chi connectivity index (χ2v) is 11.4. The third-order valence-electron chi connectivity index (χ3n) is 6.15. The highest BCUT2D eigenvalue weighted by atomic mass is 35.5. The number of sulfonamides is 1. The van der Waals surface area contributed by atoms with Crippen LogP contribution in [0, 0.1) is 5.82 Å². The fraction of sp³-hybridized carbons (Fsp3) is 0.107. The first-order valence-corrected chi connectivity index (χ1v) is 13.8. The van der Waals surface area contributed by atoms with Crippen LogP contribution in [0.15, 0.2) is 95.9 Å². The van der Waals surface area contributed by atoms with Gasteiger partial charge >= 0.3 is 0 Å². The van der Waals surface area contributed by atoms with Crippen LogP contribution < -0.4 is 14.8 Å². The summed E-state index contributed by atoms with van der Waals surface area (Å²) in [6.07, 6.45) is 1.26. The first-order chi connectivity index (χ1) is 18.1. The van der Waals surface area contributed by atoms with E-state index in [9.17, 15) is 17.6 Å². The summed E-state index contributed by atoms with van der Waals surface area (Å²) in [5, 5.41) is 3.61. The Morgan fingerprint density at radius 1 is 0.895 bits per heavy atom. The second kappa shape index (κ2) is 10.3.